The van der Waals surface area contributed by atoms with Gasteiger partial charge in [0, 0.05) is 12.3 Å². The Kier molecular flexibility index (Phi) is 8.64. The SMILES string of the molecule is O=C(S)CCCCCCCCl. The number of rotatable bonds is 7. The molecule has 0 saturated carbocycles. The van der Waals surface area contributed by atoms with Gasteiger partial charge in [0.1, 0.15) is 0 Å². The molecule has 1 nitrogen and oxygen atoms in total. The van der Waals surface area contributed by atoms with Crippen molar-refractivity contribution in [3.05, 3.63) is 0 Å². The molecule has 0 amide bonds. The van der Waals surface area contributed by atoms with Gasteiger partial charge in [0.25, 0.3) is 0 Å². The fourth-order valence-corrected chi connectivity index (χ4v) is 1.25. The maximum Gasteiger partial charge on any atom is 0.185 e. The number of alkyl halides is 1. The lowest BCUT2D eigenvalue weighted by Gasteiger charge is -1.96. The second kappa shape index (κ2) is 8.41. The highest BCUT2D eigenvalue weighted by molar-refractivity contribution is 7.96. The van der Waals surface area contributed by atoms with Gasteiger partial charge in [0.05, 0.1) is 0 Å². The van der Waals surface area contributed by atoms with Crippen LogP contribution in [-0.2, 0) is 4.79 Å². The molecule has 0 bridgehead atoms. The summed E-state index contributed by atoms with van der Waals surface area (Å²) in [5, 5.41) is 0.00217. The Morgan fingerprint density at radius 2 is 1.64 bits per heavy atom. The van der Waals surface area contributed by atoms with Crippen molar-refractivity contribution in [2.45, 2.75) is 38.5 Å². The molecule has 0 heterocycles. The van der Waals surface area contributed by atoms with Gasteiger partial charge in [0.2, 0.25) is 0 Å². The van der Waals surface area contributed by atoms with Crippen LogP contribution in [0.2, 0.25) is 0 Å². The fraction of sp³-hybridized carbons (Fsp3) is 0.875. The van der Waals surface area contributed by atoms with Crippen molar-refractivity contribution in [2.24, 2.45) is 0 Å². The van der Waals surface area contributed by atoms with Gasteiger partial charge >= 0.3 is 0 Å². The van der Waals surface area contributed by atoms with Crippen molar-refractivity contribution in [3.63, 3.8) is 0 Å². The number of unbranched alkanes of at least 4 members (excludes halogenated alkanes) is 4. The van der Waals surface area contributed by atoms with Crippen LogP contribution >= 0.6 is 24.2 Å². The maximum absolute atomic E-state index is 10.4. The van der Waals surface area contributed by atoms with E-state index in [9.17, 15) is 4.79 Å². The van der Waals surface area contributed by atoms with E-state index in [-0.39, 0.29) is 5.12 Å². The standard InChI is InChI=1S/C8H15ClOS/c9-7-5-3-1-2-4-6-8(10)11/h1-7H2,(H,10,11). The third kappa shape index (κ3) is 10.3. The second-order valence-corrected chi connectivity index (χ2v) is 3.48. The van der Waals surface area contributed by atoms with Crippen LogP contribution in [-0.4, -0.2) is 11.0 Å². The van der Waals surface area contributed by atoms with Gasteiger partial charge in [-0.05, 0) is 12.8 Å². The summed E-state index contributed by atoms with van der Waals surface area (Å²) in [5.41, 5.74) is 0. The van der Waals surface area contributed by atoms with E-state index in [1.807, 2.05) is 0 Å². The Labute approximate surface area is 78.9 Å². The van der Waals surface area contributed by atoms with E-state index in [1.165, 1.54) is 12.8 Å². The average Bonchev–Trinajstić information content (AvgIpc) is 1.96. The van der Waals surface area contributed by atoms with E-state index in [0.717, 1.165) is 25.1 Å². The number of carbonyl (C=O) groups excluding carboxylic acids is 1. The Morgan fingerprint density at radius 3 is 2.18 bits per heavy atom. The average molecular weight is 195 g/mol. The molecule has 0 spiro atoms. The Morgan fingerprint density at radius 1 is 1.09 bits per heavy atom. The van der Waals surface area contributed by atoms with E-state index < -0.39 is 0 Å². The van der Waals surface area contributed by atoms with E-state index in [1.54, 1.807) is 0 Å². The highest BCUT2D eigenvalue weighted by atomic mass is 35.5. The lowest BCUT2D eigenvalue weighted by atomic mass is 10.1. The smallest absolute Gasteiger partial charge is 0.185 e. The van der Waals surface area contributed by atoms with Crippen molar-refractivity contribution in [3.8, 4) is 0 Å². The van der Waals surface area contributed by atoms with Gasteiger partial charge in [-0.25, -0.2) is 0 Å². The number of hydrogen-bond donors (Lipinski definition) is 1. The number of halogens is 1. The number of thiol groups is 1. The molecule has 0 aliphatic rings. The van der Waals surface area contributed by atoms with Crippen molar-refractivity contribution in [1.29, 1.82) is 0 Å². The van der Waals surface area contributed by atoms with Gasteiger partial charge in [-0.1, -0.05) is 19.3 Å². The van der Waals surface area contributed by atoms with E-state index in [2.05, 4.69) is 12.6 Å². The van der Waals surface area contributed by atoms with Crippen molar-refractivity contribution in [1.82, 2.24) is 0 Å². The van der Waals surface area contributed by atoms with E-state index in [4.69, 9.17) is 11.6 Å². The minimum Gasteiger partial charge on any atom is -0.288 e. The molecule has 11 heavy (non-hydrogen) atoms. The number of hydrogen-bond acceptors (Lipinski definition) is 1. The summed E-state index contributed by atoms with van der Waals surface area (Å²) in [5.74, 6) is 0.755. The first-order valence-electron chi connectivity index (χ1n) is 4.05. The van der Waals surface area contributed by atoms with E-state index in [0.29, 0.717) is 6.42 Å². The van der Waals surface area contributed by atoms with Crippen molar-refractivity contribution in [2.75, 3.05) is 5.88 Å². The summed E-state index contributed by atoms with van der Waals surface area (Å²) in [4.78, 5) is 10.4. The minimum absolute atomic E-state index is 0.00217. The summed E-state index contributed by atoms with van der Waals surface area (Å²) in [6.07, 6.45) is 6.19. The van der Waals surface area contributed by atoms with Gasteiger partial charge < -0.3 is 0 Å². The molecule has 66 valence electrons. The largest absolute Gasteiger partial charge is 0.288 e. The quantitative estimate of drug-likeness (QED) is 0.375. The first-order valence-corrected chi connectivity index (χ1v) is 5.03. The predicted molar refractivity (Wildman–Crippen MR) is 52.4 cm³/mol. The first-order chi connectivity index (χ1) is 5.27. The second-order valence-electron chi connectivity index (χ2n) is 2.60. The minimum atomic E-state index is 0.00217. The Balaban J connectivity index is 2.85. The zero-order valence-electron chi connectivity index (χ0n) is 6.68. The zero-order valence-corrected chi connectivity index (χ0v) is 8.33. The van der Waals surface area contributed by atoms with Gasteiger partial charge in [0.15, 0.2) is 5.12 Å². The highest BCUT2D eigenvalue weighted by Crippen LogP contribution is 2.06. The normalized spacial score (nSPS) is 10.0. The fourth-order valence-electron chi connectivity index (χ4n) is 0.901. The van der Waals surface area contributed by atoms with Crippen molar-refractivity contribution < 1.29 is 4.79 Å². The maximum atomic E-state index is 10.4. The lowest BCUT2D eigenvalue weighted by molar-refractivity contribution is -0.110. The van der Waals surface area contributed by atoms with Crippen LogP contribution in [0.4, 0.5) is 0 Å². The highest BCUT2D eigenvalue weighted by Gasteiger charge is 1.93. The molecule has 0 atom stereocenters. The number of carbonyl (C=O) groups is 1. The topological polar surface area (TPSA) is 17.1 Å². The summed E-state index contributed by atoms with van der Waals surface area (Å²) in [7, 11) is 0. The molecule has 0 unspecified atom stereocenters. The van der Waals surface area contributed by atoms with Gasteiger partial charge in [-0.15, -0.1) is 24.2 Å². The molecule has 0 N–H and O–H groups in total. The van der Waals surface area contributed by atoms with Gasteiger partial charge in [-0.2, -0.15) is 0 Å². The van der Waals surface area contributed by atoms with E-state index >= 15 is 0 Å². The first kappa shape index (κ1) is 11.3. The predicted octanol–water partition coefficient (Wildman–Crippen LogP) is 3.02. The molecule has 0 saturated heterocycles. The lowest BCUT2D eigenvalue weighted by Crippen LogP contribution is -1.86. The van der Waals surface area contributed by atoms with Crippen LogP contribution in [0.1, 0.15) is 38.5 Å². The van der Waals surface area contributed by atoms with Crippen LogP contribution in [0.3, 0.4) is 0 Å². The molecule has 0 aromatic carbocycles. The van der Waals surface area contributed by atoms with Crippen molar-refractivity contribution >= 4 is 29.3 Å². The summed E-state index contributed by atoms with van der Waals surface area (Å²) in [6, 6.07) is 0. The van der Waals surface area contributed by atoms with Crippen LogP contribution in [0, 0.1) is 0 Å². The third-order valence-electron chi connectivity index (χ3n) is 1.52. The summed E-state index contributed by atoms with van der Waals surface area (Å²) >= 11 is 9.18. The molecule has 0 rings (SSSR count). The van der Waals surface area contributed by atoms with Gasteiger partial charge in [-0.3, -0.25) is 4.79 Å². The molecule has 0 aromatic heterocycles. The summed E-state index contributed by atoms with van der Waals surface area (Å²) < 4.78 is 0. The Bertz CT molecular complexity index is 106. The van der Waals surface area contributed by atoms with Crippen LogP contribution in [0.25, 0.3) is 0 Å². The molecular formula is C8H15ClOS. The monoisotopic (exact) mass is 194 g/mol. The third-order valence-corrected chi connectivity index (χ3v) is 2.02. The summed E-state index contributed by atoms with van der Waals surface area (Å²) in [6.45, 7) is 0. The molecule has 0 fully saturated rings. The molecular weight excluding hydrogens is 180 g/mol. The van der Waals surface area contributed by atoms with Crippen LogP contribution in [0.15, 0.2) is 0 Å². The van der Waals surface area contributed by atoms with Crippen LogP contribution in [0.5, 0.6) is 0 Å². The van der Waals surface area contributed by atoms with Crippen LogP contribution < -0.4 is 0 Å². The molecule has 3 heteroatoms. The Hall–Kier alpha value is 0.310. The molecule has 0 aliphatic carbocycles. The molecule has 0 radical (unpaired) electrons. The molecule has 0 aliphatic heterocycles. The molecule has 0 aromatic rings. The zero-order chi connectivity index (χ0) is 8.53.